The van der Waals surface area contributed by atoms with Crippen LogP contribution in [0, 0.1) is 0 Å². The molecule has 0 aliphatic heterocycles. The van der Waals surface area contributed by atoms with Gasteiger partial charge in [-0.1, -0.05) is 54.4 Å². The Balaban J connectivity index is 2.37. The molecule has 0 saturated heterocycles. The van der Waals surface area contributed by atoms with Gasteiger partial charge < -0.3 is 5.73 Å². The van der Waals surface area contributed by atoms with Crippen molar-refractivity contribution in [3.05, 3.63) is 63.4 Å². The molecule has 0 radical (unpaired) electrons. The van der Waals surface area contributed by atoms with Crippen molar-refractivity contribution in [2.45, 2.75) is 19.4 Å². The summed E-state index contributed by atoms with van der Waals surface area (Å²) >= 11 is 11.9. The normalized spacial score (nSPS) is 12.4. The number of rotatable bonds is 3. The second-order valence-electron chi connectivity index (χ2n) is 4.10. The van der Waals surface area contributed by atoms with E-state index in [4.69, 9.17) is 28.9 Å². The van der Waals surface area contributed by atoms with Crippen LogP contribution in [0.15, 0.2) is 36.5 Å². The van der Waals surface area contributed by atoms with Crippen molar-refractivity contribution in [2.75, 3.05) is 0 Å². The van der Waals surface area contributed by atoms with E-state index in [1.54, 1.807) is 12.3 Å². The van der Waals surface area contributed by atoms with Crippen LogP contribution in [0.1, 0.15) is 29.8 Å². The number of hydrogen-bond acceptors (Lipinski definition) is 2. The van der Waals surface area contributed by atoms with Gasteiger partial charge in [0.25, 0.3) is 0 Å². The highest BCUT2D eigenvalue weighted by molar-refractivity contribution is 6.34. The molecule has 0 spiro atoms. The van der Waals surface area contributed by atoms with Crippen LogP contribution in [0.5, 0.6) is 0 Å². The fourth-order valence-electron chi connectivity index (χ4n) is 1.82. The molecule has 2 rings (SSSR count). The number of pyridine rings is 1. The van der Waals surface area contributed by atoms with Gasteiger partial charge in [-0.05, 0) is 23.6 Å². The monoisotopic (exact) mass is 280 g/mol. The van der Waals surface area contributed by atoms with Crippen molar-refractivity contribution in [1.82, 2.24) is 4.98 Å². The van der Waals surface area contributed by atoms with Crippen molar-refractivity contribution < 1.29 is 0 Å². The Hall–Kier alpha value is -1.09. The molecule has 18 heavy (non-hydrogen) atoms. The SMILES string of the molecule is CCc1cccc(C(N)c2ncc(Cl)cc2Cl)c1. The van der Waals surface area contributed by atoms with Crippen LogP contribution in [-0.4, -0.2) is 4.98 Å². The maximum Gasteiger partial charge on any atom is 0.0803 e. The van der Waals surface area contributed by atoms with E-state index in [1.807, 2.05) is 12.1 Å². The van der Waals surface area contributed by atoms with Crippen LogP contribution in [0.25, 0.3) is 0 Å². The first-order chi connectivity index (χ1) is 8.61. The molecule has 1 atom stereocenters. The van der Waals surface area contributed by atoms with Gasteiger partial charge in [-0.3, -0.25) is 4.98 Å². The highest BCUT2D eigenvalue weighted by Gasteiger charge is 2.14. The number of aryl methyl sites for hydroxylation is 1. The summed E-state index contributed by atoms with van der Waals surface area (Å²) in [7, 11) is 0. The summed E-state index contributed by atoms with van der Waals surface area (Å²) in [6, 6.07) is 9.47. The third-order valence-corrected chi connectivity index (χ3v) is 3.36. The summed E-state index contributed by atoms with van der Waals surface area (Å²) in [5.41, 5.74) is 9.10. The highest BCUT2D eigenvalue weighted by Crippen LogP contribution is 2.27. The molecule has 4 heteroatoms. The third kappa shape index (κ3) is 2.83. The average Bonchev–Trinajstić information content (AvgIpc) is 2.38. The summed E-state index contributed by atoms with van der Waals surface area (Å²) in [4.78, 5) is 4.22. The third-order valence-electron chi connectivity index (χ3n) is 2.85. The molecule has 2 nitrogen and oxygen atoms in total. The van der Waals surface area contributed by atoms with Crippen LogP contribution in [0.2, 0.25) is 10.0 Å². The smallest absolute Gasteiger partial charge is 0.0803 e. The van der Waals surface area contributed by atoms with Crippen LogP contribution in [0.4, 0.5) is 0 Å². The average molecular weight is 281 g/mol. The molecule has 1 unspecified atom stereocenters. The number of benzene rings is 1. The van der Waals surface area contributed by atoms with E-state index >= 15 is 0 Å². The second kappa shape index (κ2) is 5.70. The number of halogens is 2. The molecule has 0 bridgehead atoms. The zero-order valence-electron chi connectivity index (χ0n) is 10.0. The van der Waals surface area contributed by atoms with Gasteiger partial charge in [-0.25, -0.2) is 0 Å². The topological polar surface area (TPSA) is 38.9 Å². The molecule has 0 aliphatic rings. The summed E-state index contributed by atoms with van der Waals surface area (Å²) in [5, 5.41) is 1.01. The van der Waals surface area contributed by atoms with Gasteiger partial charge in [0.15, 0.2) is 0 Å². The van der Waals surface area contributed by atoms with Gasteiger partial charge in [0.2, 0.25) is 0 Å². The van der Waals surface area contributed by atoms with Crippen LogP contribution in [-0.2, 0) is 6.42 Å². The summed E-state index contributed by atoms with van der Waals surface area (Å²) in [5.74, 6) is 0. The minimum absolute atomic E-state index is 0.332. The first kappa shape index (κ1) is 13.3. The van der Waals surface area contributed by atoms with E-state index in [-0.39, 0.29) is 6.04 Å². The lowest BCUT2D eigenvalue weighted by Gasteiger charge is -2.14. The summed E-state index contributed by atoms with van der Waals surface area (Å²) < 4.78 is 0. The predicted octanol–water partition coefficient (Wildman–Crippen LogP) is 4.00. The van der Waals surface area contributed by atoms with Gasteiger partial charge in [-0.15, -0.1) is 0 Å². The lowest BCUT2D eigenvalue weighted by Crippen LogP contribution is -2.14. The number of aromatic nitrogens is 1. The molecule has 0 fully saturated rings. The van der Waals surface area contributed by atoms with E-state index in [1.165, 1.54) is 5.56 Å². The van der Waals surface area contributed by atoms with Gasteiger partial charge in [0.05, 0.1) is 21.8 Å². The molecule has 0 amide bonds. The van der Waals surface area contributed by atoms with Crippen molar-refractivity contribution in [3.63, 3.8) is 0 Å². The summed E-state index contributed by atoms with van der Waals surface area (Å²) in [6.45, 7) is 2.11. The molecule has 2 aromatic rings. The van der Waals surface area contributed by atoms with Gasteiger partial charge in [-0.2, -0.15) is 0 Å². The molecule has 0 saturated carbocycles. The van der Waals surface area contributed by atoms with Crippen LogP contribution < -0.4 is 5.73 Å². The zero-order chi connectivity index (χ0) is 13.1. The standard InChI is InChI=1S/C14H14Cl2N2/c1-2-9-4-3-5-10(6-9)13(17)14-12(16)7-11(15)8-18-14/h3-8,13H,2,17H2,1H3. The number of nitrogens with zero attached hydrogens (tertiary/aromatic N) is 1. The number of nitrogens with two attached hydrogens (primary N) is 1. The van der Waals surface area contributed by atoms with E-state index < -0.39 is 0 Å². The van der Waals surface area contributed by atoms with Crippen LogP contribution >= 0.6 is 23.2 Å². The fraction of sp³-hybridized carbons (Fsp3) is 0.214. The van der Waals surface area contributed by atoms with Gasteiger partial charge in [0, 0.05) is 6.20 Å². The van der Waals surface area contributed by atoms with E-state index in [2.05, 4.69) is 24.0 Å². The second-order valence-corrected chi connectivity index (χ2v) is 4.94. The van der Waals surface area contributed by atoms with E-state index in [0.717, 1.165) is 12.0 Å². The first-order valence-corrected chi connectivity index (χ1v) is 6.52. The van der Waals surface area contributed by atoms with Gasteiger partial charge >= 0.3 is 0 Å². The Morgan fingerprint density at radius 2 is 2.06 bits per heavy atom. The number of hydrogen-bond donors (Lipinski definition) is 1. The van der Waals surface area contributed by atoms with Crippen molar-refractivity contribution in [2.24, 2.45) is 5.73 Å². The maximum absolute atomic E-state index is 6.20. The highest BCUT2D eigenvalue weighted by atomic mass is 35.5. The van der Waals surface area contributed by atoms with Crippen LogP contribution in [0.3, 0.4) is 0 Å². The molecule has 1 aromatic carbocycles. The van der Waals surface area contributed by atoms with Crippen molar-refractivity contribution in [1.29, 1.82) is 0 Å². The Kier molecular flexibility index (Phi) is 4.23. The van der Waals surface area contributed by atoms with Crippen molar-refractivity contribution >= 4 is 23.2 Å². The van der Waals surface area contributed by atoms with E-state index in [9.17, 15) is 0 Å². The predicted molar refractivity (Wildman–Crippen MR) is 76.1 cm³/mol. The summed E-state index contributed by atoms with van der Waals surface area (Å²) in [6.07, 6.45) is 2.54. The molecular weight excluding hydrogens is 267 g/mol. The largest absolute Gasteiger partial charge is 0.319 e. The minimum atomic E-state index is -0.332. The molecule has 1 aromatic heterocycles. The minimum Gasteiger partial charge on any atom is -0.319 e. The molecule has 0 aliphatic carbocycles. The quantitative estimate of drug-likeness (QED) is 0.923. The molecular formula is C14H14Cl2N2. The Bertz CT molecular complexity index is 555. The van der Waals surface area contributed by atoms with E-state index in [0.29, 0.717) is 15.7 Å². The molecule has 94 valence electrons. The lowest BCUT2D eigenvalue weighted by atomic mass is 10.0. The lowest BCUT2D eigenvalue weighted by molar-refractivity contribution is 0.826. The molecule has 2 N–H and O–H groups in total. The fourth-order valence-corrected chi connectivity index (χ4v) is 2.32. The van der Waals surface area contributed by atoms with Gasteiger partial charge in [0.1, 0.15) is 0 Å². The maximum atomic E-state index is 6.20. The Labute approximate surface area is 117 Å². The molecule has 1 heterocycles. The van der Waals surface area contributed by atoms with Crippen molar-refractivity contribution in [3.8, 4) is 0 Å². The Morgan fingerprint density at radius 1 is 1.28 bits per heavy atom. The zero-order valence-corrected chi connectivity index (χ0v) is 11.5. The Morgan fingerprint density at radius 3 is 2.72 bits per heavy atom. The first-order valence-electron chi connectivity index (χ1n) is 5.77.